The van der Waals surface area contributed by atoms with Gasteiger partial charge in [0.25, 0.3) is 5.89 Å². The molecule has 0 aliphatic carbocycles. The summed E-state index contributed by atoms with van der Waals surface area (Å²) in [7, 11) is -2.01. The van der Waals surface area contributed by atoms with Crippen molar-refractivity contribution in [2.24, 2.45) is 0 Å². The highest BCUT2D eigenvalue weighted by atomic mass is 32.2. The molecule has 0 fully saturated rings. The molecule has 33 heavy (non-hydrogen) atoms. The van der Waals surface area contributed by atoms with Crippen molar-refractivity contribution in [2.45, 2.75) is 31.4 Å². The molecule has 4 aromatic rings. The van der Waals surface area contributed by atoms with Crippen molar-refractivity contribution in [3.63, 3.8) is 0 Å². The monoisotopic (exact) mass is 468 g/mol. The standard InChI is InChI=1S/C24H24N2O6S/c1-5-30-20-10-7-17(13-22(20)29-4)23-25-24(32-26-23)21-11-8-18(31-21)14-33(27,28)19-9-6-15(2)16(3)12-19/h6-13H,5,14H2,1-4H3. The molecule has 0 spiro atoms. The van der Waals surface area contributed by atoms with E-state index in [-0.39, 0.29) is 28.1 Å². The van der Waals surface area contributed by atoms with Gasteiger partial charge in [0.1, 0.15) is 11.5 Å². The summed E-state index contributed by atoms with van der Waals surface area (Å²) in [4.78, 5) is 4.63. The number of methoxy groups -OCH3 is 1. The Hall–Kier alpha value is -3.59. The Bertz CT molecular complexity index is 1390. The molecule has 0 saturated heterocycles. The molecule has 172 valence electrons. The molecule has 0 amide bonds. The first-order chi connectivity index (χ1) is 15.8. The van der Waals surface area contributed by atoms with Gasteiger partial charge in [0, 0.05) is 5.56 Å². The molecule has 0 unspecified atom stereocenters. The van der Waals surface area contributed by atoms with Crippen molar-refractivity contribution in [1.82, 2.24) is 10.1 Å². The number of sulfone groups is 1. The van der Waals surface area contributed by atoms with Gasteiger partial charge in [-0.1, -0.05) is 11.2 Å². The molecule has 0 saturated carbocycles. The minimum absolute atomic E-state index is 0.146. The molecule has 2 aromatic heterocycles. The summed E-state index contributed by atoms with van der Waals surface area (Å²) in [6.45, 7) is 6.23. The normalized spacial score (nSPS) is 11.5. The third-order valence-electron chi connectivity index (χ3n) is 5.19. The molecule has 4 rings (SSSR count). The molecule has 9 heteroatoms. The molecule has 0 atom stereocenters. The van der Waals surface area contributed by atoms with Gasteiger partial charge in [-0.2, -0.15) is 4.98 Å². The zero-order valence-electron chi connectivity index (χ0n) is 18.8. The quantitative estimate of drug-likeness (QED) is 0.356. The van der Waals surface area contributed by atoms with E-state index in [1.54, 1.807) is 55.6 Å². The average molecular weight is 469 g/mol. The van der Waals surface area contributed by atoms with Crippen molar-refractivity contribution < 1.29 is 26.8 Å². The highest BCUT2D eigenvalue weighted by Gasteiger charge is 2.21. The van der Waals surface area contributed by atoms with Gasteiger partial charge in [0.2, 0.25) is 5.82 Å². The summed E-state index contributed by atoms with van der Waals surface area (Å²) < 4.78 is 47.5. The van der Waals surface area contributed by atoms with E-state index in [0.717, 1.165) is 11.1 Å². The largest absolute Gasteiger partial charge is 0.493 e. The zero-order chi connectivity index (χ0) is 23.6. The molecule has 0 aliphatic rings. The zero-order valence-corrected chi connectivity index (χ0v) is 19.6. The third kappa shape index (κ3) is 4.78. The lowest BCUT2D eigenvalue weighted by molar-refractivity contribution is 0.311. The van der Waals surface area contributed by atoms with Crippen LogP contribution < -0.4 is 9.47 Å². The lowest BCUT2D eigenvalue weighted by Gasteiger charge is -2.09. The number of hydrogen-bond donors (Lipinski definition) is 0. The lowest BCUT2D eigenvalue weighted by atomic mass is 10.1. The van der Waals surface area contributed by atoms with E-state index in [9.17, 15) is 8.42 Å². The summed E-state index contributed by atoms with van der Waals surface area (Å²) in [5.74, 6) is 1.96. The Kier molecular flexibility index (Phi) is 6.24. The van der Waals surface area contributed by atoms with E-state index >= 15 is 0 Å². The number of nitrogens with zero attached hydrogens (tertiary/aromatic N) is 2. The molecule has 0 N–H and O–H groups in total. The summed E-state index contributed by atoms with van der Waals surface area (Å²) in [6, 6.07) is 13.6. The minimum atomic E-state index is -3.56. The Morgan fingerprint density at radius 2 is 1.79 bits per heavy atom. The minimum Gasteiger partial charge on any atom is -0.493 e. The van der Waals surface area contributed by atoms with Crippen LogP contribution in [0.1, 0.15) is 23.8 Å². The molecule has 8 nitrogen and oxygen atoms in total. The first kappa shape index (κ1) is 22.6. The van der Waals surface area contributed by atoms with Gasteiger partial charge >= 0.3 is 0 Å². The number of aryl methyl sites for hydroxylation is 2. The Morgan fingerprint density at radius 3 is 2.52 bits per heavy atom. The summed E-state index contributed by atoms with van der Waals surface area (Å²) in [5.41, 5.74) is 2.63. The fourth-order valence-electron chi connectivity index (χ4n) is 3.27. The predicted octanol–water partition coefficient (Wildman–Crippen LogP) is 4.99. The first-order valence-electron chi connectivity index (χ1n) is 10.3. The van der Waals surface area contributed by atoms with Crippen LogP contribution in [0.2, 0.25) is 0 Å². The van der Waals surface area contributed by atoms with E-state index in [0.29, 0.717) is 29.5 Å². The summed E-state index contributed by atoms with van der Waals surface area (Å²) in [6.07, 6.45) is 0. The van der Waals surface area contributed by atoms with Gasteiger partial charge in [0.05, 0.1) is 18.6 Å². The van der Waals surface area contributed by atoms with Gasteiger partial charge in [0.15, 0.2) is 27.1 Å². The van der Waals surface area contributed by atoms with Crippen LogP contribution in [-0.2, 0) is 15.6 Å². The van der Waals surface area contributed by atoms with E-state index < -0.39 is 9.84 Å². The van der Waals surface area contributed by atoms with Crippen molar-refractivity contribution in [1.29, 1.82) is 0 Å². The summed E-state index contributed by atoms with van der Waals surface area (Å²) in [5, 5.41) is 4.00. The Balaban J connectivity index is 1.55. The molecule has 2 aromatic carbocycles. The maximum absolute atomic E-state index is 12.8. The fraction of sp³-hybridized carbons (Fsp3) is 0.250. The van der Waals surface area contributed by atoms with Crippen molar-refractivity contribution in [3.8, 4) is 34.5 Å². The van der Waals surface area contributed by atoms with Crippen LogP contribution in [0.25, 0.3) is 23.0 Å². The molecule has 0 bridgehead atoms. The van der Waals surface area contributed by atoms with E-state index in [2.05, 4.69) is 10.1 Å². The van der Waals surface area contributed by atoms with Crippen LogP contribution in [0.4, 0.5) is 0 Å². The second-order valence-corrected chi connectivity index (χ2v) is 9.48. The van der Waals surface area contributed by atoms with Gasteiger partial charge in [-0.05, 0) is 74.4 Å². The van der Waals surface area contributed by atoms with E-state index in [1.165, 1.54) is 0 Å². The van der Waals surface area contributed by atoms with E-state index in [1.807, 2.05) is 20.8 Å². The van der Waals surface area contributed by atoms with Gasteiger partial charge in [-0.25, -0.2) is 8.42 Å². The van der Waals surface area contributed by atoms with Gasteiger partial charge < -0.3 is 18.4 Å². The predicted molar refractivity (Wildman–Crippen MR) is 122 cm³/mol. The molecular formula is C24H24N2O6S. The smallest absolute Gasteiger partial charge is 0.293 e. The molecule has 0 aliphatic heterocycles. The number of benzene rings is 2. The second kappa shape index (κ2) is 9.11. The summed E-state index contributed by atoms with van der Waals surface area (Å²) >= 11 is 0. The fourth-order valence-corrected chi connectivity index (χ4v) is 4.60. The van der Waals surface area contributed by atoms with Crippen LogP contribution in [0, 0.1) is 13.8 Å². The second-order valence-electron chi connectivity index (χ2n) is 7.49. The third-order valence-corrected chi connectivity index (χ3v) is 6.83. The van der Waals surface area contributed by atoms with Crippen LogP contribution in [0.5, 0.6) is 11.5 Å². The Morgan fingerprint density at radius 1 is 0.970 bits per heavy atom. The van der Waals surface area contributed by atoms with Gasteiger partial charge in [-0.15, -0.1) is 0 Å². The SMILES string of the molecule is CCOc1ccc(-c2noc(-c3ccc(CS(=O)(=O)c4ccc(C)c(C)c4)o3)n2)cc1OC. The lowest BCUT2D eigenvalue weighted by Crippen LogP contribution is -2.05. The maximum Gasteiger partial charge on any atom is 0.293 e. The number of hydrogen-bond acceptors (Lipinski definition) is 8. The number of furan rings is 1. The van der Waals surface area contributed by atoms with E-state index in [4.69, 9.17) is 18.4 Å². The van der Waals surface area contributed by atoms with Crippen molar-refractivity contribution in [2.75, 3.05) is 13.7 Å². The topological polar surface area (TPSA) is 105 Å². The molecule has 2 heterocycles. The highest BCUT2D eigenvalue weighted by Crippen LogP contribution is 2.33. The van der Waals surface area contributed by atoms with Crippen molar-refractivity contribution in [3.05, 3.63) is 65.4 Å². The highest BCUT2D eigenvalue weighted by molar-refractivity contribution is 7.90. The van der Waals surface area contributed by atoms with Crippen LogP contribution in [0.15, 0.2) is 62.4 Å². The number of rotatable bonds is 8. The van der Waals surface area contributed by atoms with Crippen LogP contribution >= 0.6 is 0 Å². The first-order valence-corrected chi connectivity index (χ1v) is 12.0. The molecule has 0 radical (unpaired) electrons. The average Bonchev–Trinajstić information content (AvgIpc) is 3.45. The van der Waals surface area contributed by atoms with Crippen molar-refractivity contribution >= 4 is 9.84 Å². The number of ether oxygens (including phenoxy) is 2. The molecular weight excluding hydrogens is 444 g/mol. The van der Waals surface area contributed by atoms with Crippen LogP contribution in [0.3, 0.4) is 0 Å². The van der Waals surface area contributed by atoms with Crippen LogP contribution in [-0.4, -0.2) is 32.3 Å². The Labute approximate surface area is 192 Å². The van der Waals surface area contributed by atoms with Gasteiger partial charge in [-0.3, -0.25) is 0 Å². The maximum atomic E-state index is 12.8. The number of aromatic nitrogens is 2.